The van der Waals surface area contributed by atoms with Crippen LogP contribution in [-0.4, -0.2) is 5.11 Å². The maximum Gasteiger partial charge on any atom is 0.0684 e. The summed E-state index contributed by atoms with van der Waals surface area (Å²) in [5, 5.41) is 9.89. The van der Waals surface area contributed by atoms with E-state index in [1.54, 1.807) is 11.8 Å². The molecule has 0 aliphatic rings. The largest absolute Gasteiger partial charge is 0.392 e. The lowest BCUT2D eigenvalue weighted by Gasteiger charge is -2.06. The van der Waals surface area contributed by atoms with E-state index in [-0.39, 0.29) is 6.61 Å². The Bertz CT molecular complexity index is 523. The van der Waals surface area contributed by atoms with Gasteiger partial charge in [-0.15, -0.1) is 11.8 Å². The van der Waals surface area contributed by atoms with Crippen LogP contribution in [0.15, 0.2) is 47.4 Å². The molecule has 0 aromatic heterocycles. The third-order valence-electron chi connectivity index (χ3n) is 2.80. The predicted molar refractivity (Wildman–Crippen MR) is 78.1 cm³/mol. The van der Waals surface area contributed by atoms with E-state index >= 15 is 0 Å². The molecule has 94 valence electrons. The molecule has 0 atom stereocenters. The Balaban J connectivity index is 2.02. The van der Waals surface area contributed by atoms with E-state index in [1.165, 1.54) is 10.5 Å². The number of aryl methyl sites for hydroxylation is 1. The van der Waals surface area contributed by atoms with Crippen LogP contribution in [0.5, 0.6) is 0 Å². The van der Waals surface area contributed by atoms with Gasteiger partial charge in [0.1, 0.15) is 0 Å². The quantitative estimate of drug-likeness (QED) is 0.835. The van der Waals surface area contributed by atoms with E-state index in [0.29, 0.717) is 0 Å². The number of rotatable bonds is 4. The van der Waals surface area contributed by atoms with E-state index in [1.807, 2.05) is 37.3 Å². The average molecular weight is 279 g/mol. The van der Waals surface area contributed by atoms with Gasteiger partial charge in [-0.3, -0.25) is 0 Å². The smallest absolute Gasteiger partial charge is 0.0684 e. The first-order valence-corrected chi connectivity index (χ1v) is 7.13. The minimum absolute atomic E-state index is 0.105. The molecular formula is C15H15ClOS. The Morgan fingerprint density at radius 1 is 1.11 bits per heavy atom. The van der Waals surface area contributed by atoms with Crippen molar-refractivity contribution in [3.8, 4) is 0 Å². The lowest BCUT2D eigenvalue weighted by atomic mass is 10.1. The fourth-order valence-electron chi connectivity index (χ4n) is 1.68. The zero-order chi connectivity index (χ0) is 13.0. The third kappa shape index (κ3) is 3.52. The van der Waals surface area contributed by atoms with Crippen molar-refractivity contribution in [2.45, 2.75) is 24.2 Å². The zero-order valence-corrected chi connectivity index (χ0v) is 11.8. The van der Waals surface area contributed by atoms with Gasteiger partial charge >= 0.3 is 0 Å². The summed E-state index contributed by atoms with van der Waals surface area (Å²) < 4.78 is 0. The molecule has 0 saturated carbocycles. The molecule has 0 spiro atoms. The van der Waals surface area contributed by atoms with Crippen LogP contribution in [0, 0.1) is 6.92 Å². The molecule has 0 aliphatic heterocycles. The van der Waals surface area contributed by atoms with Crippen molar-refractivity contribution in [2.75, 3.05) is 0 Å². The molecule has 0 unspecified atom stereocenters. The van der Waals surface area contributed by atoms with Crippen molar-refractivity contribution < 1.29 is 5.11 Å². The molecule has 18 heavy (non-hydrogen) atoms. The van der Waals surface area contributed by atoms with Crippen molar-refractivity contribution in [1.29, 1.82) is 0 Å². The van der Waals surface area contributed by atoms with E-state index in [2.05, 4.69) is 12.1 Å². The van der Waals surface area contributed by atoms with Crippen LogP contribution in [0.25, 0.3) is 0 Å². The molecule has 0 fully saturated rings. The van der Waals surface area contributed by atoms with Gasteiger partial charge in [0, 0.05) is 15.7 Å². The molecule has 1 N–H and O–H groups in total. The molecule has 0 bridgehead atoms. The highest BCUT2D eigenvalue weighted by molar-refractivity contribution is 7.98. The fraction of sp³-hybridized carbons (Fsp3) is 0.200. The van der Waals surface area contributed by atoms with Crippen molar-refractivity contribution in [2.24, 2.45) is 0 Å². The molecule has 2 aromatic carbocycles. The predicted octanol–water partition coefficient (Wildman–Crippen LogP) is 4.43. The Hall–Kier alpha value is -0.960. The van der Waals surface area contributed by atoms with Gasteiger partial charge in [-0.05, 0) is 47.9 Å². The number of thioether (sulfide) groups is 1. The van der Waals surface area contributed by atoms with Crippen molar-refractivity contribution in [3.05, 3.63) is 64.2 Å². The summed E-state index contributed by atoms with van der Waals surface area (Å²) in [6.07, 6.45) is 0. The van der Waals surface area contributed by atoms with Crippen LogP contribution in [0.1, 0.15) is 16.7 Å². The van der Waals surface area contributed by atoms with E-state index in [0.717, 1.165) is 21.9 Å². The standard InChI is InChI=1S/C15H15ClOS/c1-11-8-15(7-4-13(11)9-17)18-10-12-2-5-14(16)6-3-12/h2-8,17H,9-10H2,1H3. The number of aliphatic hydroxyl groups excluding tert-OH is 1. The monoisotopic (exact) mass is 278 g/mol. The average Bonchev–Trinajstić information content (AvgIpc) is 2.38. The van der Waals surface area contributed by atoms with Gasteiger partial charge in [-0.25, -0.2) is 0 Å². The number of halogens is 1. The second-order valence-corrected chi connectivity index (χ2v) is 5.65. The number of hydrogen-bond acceptors (Lipinski definition) is 2. The summed E-state index contributed by atoms with van der Waals surface area (Å²) in [6.45, 7) is 2.13. The first kappa shape index (κ1) is 13.5. The summed E-state index contributed by atoms with van der Waals surface area (Å²) in [7, 11) is 0. The molecule has 0 amide bonds. The summed E-state index contributed by atoms with van der Waals surface area (Å²) >= 11 is 7.64. The van der Waals surface area contributed by atoms with Gasteiger partial charge in [0.15, 0.2) is 0 Å². The van der Waals surface area contributed by atoms with Crippen molar-refractivity contribution >= 4 is 23.4 Å². The van der Waals surface area contributed by atoms with Gasteiger partial charge < -0.3 is 5.11 Å². The second kappa shape index (κ2) is 6.28. The lowest BCUT2D eigenvalue weighted by molar-refractivity contribution is 0.281. The highest BCUT2D eigenvalue weighted by atomic mass is 35.5. The Kier molecular flexibility index (Phi) is 4.70. The molecule has 1 nitrogen and oxygen atoms in total. The Labute approximate surface area is 117 Å². The summed E-state index contributed by atoms with van der Waals surface area (Å²) in [6, 6.07) is 14.1. The van der Waals surface area contributed by atoms with Gasteiger partial charge in [0.25, 0.3) is 0 Å². The minimum Gasteiger partial charge on any atom is -0.392 e. The van der Waals surface area contributed by atoms with Crippen molar-refractivity contribution in [3.63, 3.8) is 0 Å². The second-order valence-electron chi connectivity index (χ2n) is 4.16. The molecule has 2 rings (SSSR count). The zero-order valence-electron chi connectivity index (χ0n) is 10.2. The number of benzene rings is 2. The summed E-state index contributed by atoms with van der Waals surface area (Å²) in [5.74, 6) is 0.926. The van der Waals surface area contributed by atoms with Crippen LogP contribution in [0.2, 0.25) is 5.02 Å². The highest BCUT2D eigenvalue weighted by Crippen LogP contribution is 2.25. The van der Waals surface area contributed by atoms with Crippen LogP contribution in [0.4, 0.5) is 0 Å². The van der Waals surface area contributed by atoms with Crippen LogP contribution >= 0.6 is 23.4 Å². The lowest BCUT2D eigenvalue weighted by Crippen LogP contribution is -1.88. The van der Waals surface area contributed by atoms with E-state index in [4.69, 9.17) is 16.7 Å². The minimum atomic E-state index is 0.105. The first-order chi connectivity index (χ1) is 8.69. The van der Waals surface area contributed by atoms with E-state index < -0.39 is 0 Å². The SMILES string of the molecule is Cc1cc(SCc2ccc(Cl)cc2)ccc1CO. The third-order valence-corrected chi connectivity index (χ3v) is 4.12. The molecule has 3 heteroatoms. The Morgan fingerprint density at radius 3 is 2.44 bits per heavy atom. The van der Waals surface area contributed by atoms with Gasteiger partial charge in [-0.1, -0.05) is 29.8 Å². The normalized spacial score (nSPS) is 10.6. The molecule has 0 heterocycles. The molecule has 0 radical (unpaired) electrons. The fourth-order valence-corrected chi connectivity index (χ4v) is 2.76. The van der Waals surface area contributed by atoms with Crippen molar-refractivity contribution in [1.82, 2.24) is 0 Å². The maximum atomic E-state index is 9.12. The summed E-state index contributed by atoms with van der Waals surface area (Å²) in [4.78, 5) is 1.22. The van der Waals surface area contributed by atoms with Gasteiger partial charge in [0.05, 0.1) is 6.61 Å². The van der Waals surface area contributed by atoms with Crippen LogP contribution in [0.3, 0.4) is 0 Å². The van der Waals surface area contributed by atoms with Gasteiger partial charge in [-0.2, -0.15) is 0 Å². The summed E-state index contributed by atoms with van der Waals surface area (Å²) in [5.41, 5.74) is 3.39. The highest BCUT2D eigenvalue weighted by Gasteiger charge is 2.00. The topological polar surface area (TPSA) is 20.2 Å². The van der Waals surface area contributed by atoms with Crippen LogP contribution in [-0.2, 0) is 12.4 Å². The first-order valence-electron chi connectivity index (χ1n) is 5.76. The molecular weight excluding hydrogens is 264 g/mol. The molecule has 0 saturated heterocycles. The molecule has 2 aromatic rings. The Morgan fingerprint density at radius 2 is 1.83 bits per heavy atom. The van der Waals surface area contributed by atoms with Gasteiger partial charge in [0.2, 0.25) is 0 Å². The van der Waals surface area contributed by atoms with E-state index in [9.17, 15) is 0 Å². The number of aliphatic hydroxyl groups is 1. The molecule has 0 aliphatic carbocycles. The maximum absolute atomic E-state index is 9.12. The number of hydrogen-bond donors (Lipinski definition) is 1. The van der Waals surface area contributed by atoms with Crippen LogP contribution < -0.4 is 0 Å².